The number of rotatable bonds is 7. The minimum absolute atomic E-state index is 0.0421. The number of alkyl halides is 3. The maximum atomic E-state index is 12.4. The number of aryl methyl sites for hydroxylation is 3. The van der Waals surface area contributed by atoms with Gasteiger partial charge in [-0.15, -0.1) is 13.2 Å². The van der Waals surface area contributed by atoms with Gasteiger partial charge in [0.05, 0.1) is 17.6 Å². The van der Waals surface area contributed by atoms with Gasteiger partial charge >= 0.3 is 6.36 Å². The second kappa shape index (κ2) is 9.74. The van der Waals surface area contributed by atoms with Crippen molar-refractivity contribution in [1.82, 2.24) is 9.55 Å². The Morgan fingerprint density at radius 2 is 1.74 bits per heavy atom. The van der Waals surface area contributed by atoms with E-state index < -0.39 is 6.36 Å². The minimum Gasteiger partial charge on any atom is -0.406 e. The normalized spacial score (nSPS) is 11.9. The Hall–Kier alpha value is -3.94. The molecule has 0 spiro atoms. The number of carbonyl (C=O) groups excluding carboxylic acids is 1. The van der Waals surface area contributed by atoms with Crippen molar-refractivity contribution in [2.45, 2.75) is 26.6 Å². The van der Waals surface area contributed by atoms with Gasteiger partial charge in [-0.3, -0.25) is 9.79 Å². The predicted octanol–water partition coefficient (Wildman–Crippen LogP) is 5.99. The van der Waals surface area contributed by atoms with Crippen LogP contribution in [0.3, 0.4) is 0 Å². The zero-order valence-corrected chi connectivity index (χ0v) is 19.6. The molecule has 180 valence electrons. The Bertz CT molecular complexity index is 1380. The van der Waals surface area contributed by atoms with Crippen LogP contribution in [0.4, 0.5) is 13.2 Å². The van der Waals surface area contributed by atoms with Crippen molar-refractivity contribution >= 4 is 23.0 Å². The van der Waals surface area contributed by atoms with Gasteiger partial charge in [-0.25, -0.2) is 4.98 Å². The fraction of sp³-hybridized carbons (Fsp3) is 0.222. The molecule has 3 aromatic carbocycles. The van der Waals surface area contributed by atoms with Crippen molar-refractivity contribution in [2.75, 3.05) is 6.54 Å². The summed E-state index contributed by atoms with van der Waals surface area (Å²) >= 11 is 0. The van der Waals surface area contributed by atoms with E-state index >= 15 is 0 Å². The Labute approximate surface area is 200 Å². The largest absolute Gasteiger partial charge is 0.573 e. The Morgan fingerprint density at radius 3 is 2.40 bits per heavy atom. The SMILES string of the molecule is Cc1cccc(C)c1CC(=O)CN=Cc1ccc2nc(-c3ccc(OC(F)(F)F)cc3)n(C)c2c1. The number of nitrogens with zero attached hydrogens (tertiary/aromatic N) is 3. The van der Waals surface area contributed by atoms with Gasteiger partial charge in [-0.1, -0.05) is 24.3 Å². The molecule has 0 aliphatic carbocycles. The monoisotopic (exact) mass is 479 g/mol. The smallest absolute Gasteiger partial charge is 0.406 e. The van der Waals surface area contributed by atoms with Crippen LogP contribution in [-0.2, 0) is 18.3 Å². The molecule has 8 heteroatoms. The number of hydrogen-bond donors (Lipinski definition) is 0. The molecule has 0 aliphatic rings. The Kier molecular flexibility index (Phi) is 6.73. The molecule has 0 aliphatic heterocycles. The zero-order chi connectivity index (χ0) is 25.2. The van der Waals surface area contributed by atoms with Crippen molar-refractivity contribution in [1.29, 1.82) is 0 Å². The first-order valence-corrected chi connectivity index (χ1v) is 11.0. The third-order valence-electron chi connectivity index (χ3n) is 5.78. The Balaban J connectivity index is 1.48. The highest BCUT2D eigenvalue weighted by molar-refractivity contribution is 5.91. The van der Waals surface area contributed by atoms with Crippen LogP contribution in [0.1, 0.15) is 22.3 Å². The van der Waals surface area contributed by atoms with Crippen LogP contribution >= 0.6 is 0 Å². The number of imidazole rings is 1. The van der Waals surface area contributed by atoms with E-state index in [1.165, 1.54) is 24.3 Å². The van der Waals surface area contributed by atoms with E-state index in [0.717, 1.165) is 33.3 Å². The average Bonchev–Trinajstić information content (AvgIpc) is 3.12. The second-order valence-electron chi connectivity index (χ2n) is 8.37. The van der Waals surface area contributed by atoms with Crippen molar-refractivity contribution < 1.29 is 22.7 Å². The number of ketones is 1. The predicted molar refractivity (Wildman–Crippen MR) is 130 cm³/mol. The summed E-state index contributed by atoms with van der Waals surface area (Å²) in [6.07, 6.45) is -2.72. The van der Waals surface area contributed by atoms with Crippen molar-refractivity contribution in [3.63, 3.8) is 0 Å². The lowest BCUT2D eigenvalue weighted by Gasteiger charge is -2.09. The van der Waals surface area contributed by atoms with E-state index in [1.807, 2.05) is 61.9 Å². The van der Waals surface area contributed by atoms with Gasteiger partial charge in [0, 0.05) is 25.2 Å². The molecule has 5 nitrogen and oxygen atoms in total. The molecule has 35 heavy (non-hydrogen) atoms. The lowest BCUT2D eigenvalue weighted by atomic mass is 9.98. The first-order valence-electron chi connectivity index (χ1n) is 11.0. The summed E-state index contributed by atoms with van der Waals surface area (Å²) in [5, 5.41) is 0. The number of aromatic nitrogens is 2. The van der Waals surface area contributed by atoms with Gasteiger partial charge in [-0.2, -0.15) is 0 Å². The zero-order valence-electron chi connectivity index (χ0n) is 19.6. The highest BCUT2D eigenvalue weighted by Crippen LogP contribution is 2.28. The summed E-state index contributed by atoms with van der Waals surface area (Å²) in [5.74, 6) is 0.363. The number of benzene rings is 3. The molecule has 1 aromatic heterocycles. The highest BCUT2D eigenvalue weighted by Gasteiger charge is 2.31. The molecule has 4 rings (SSSR count). The van der Waals surface area contributed by atoms with Gasteiger partial charge in [0.2, 0.25) is 0 Å². The van der Waals surface area contributed by atoms with E-state index in [1.54, 1.807) is 6.21 Å². The lowest BCUT2D eigenvalue weighted by molar-refractivity contribution is -0.274. The minimum atomic E-state index is -4.73. The molecule has 0 saturated carbocycles. The summed E-state index contributed by atoms with van der Waals surface area (Å²) in [6, 6.07) is 17.2. The molecule has 4 aromatic rings. The molecule has 0 amide bonds. The number of fused-ring (bicyclic) bond motifs is 1. The van der Waals surface area contributed by atoms with Crippen molar-refractivity contribution in [2.24, 2.45) is 12.0 Å². The van der Waals surface area contributed by atoms with Crippen molar-refractivity contribution in [3.05, 3.63) is 82.9 Å². The summed E-state index contributed by atoms with van der Waals surface area (Å²) in [7, 11) is 1.83. The van der Waals surface area contributed by atoms with Crippen LogP contribution in [0.2, 0.25) is 0 Å². The quantitative estimate of drug-likeness (QED) is 0.306. The summed E-state index contributed by atoms with van der Waals surface area (Å²) < 4.78 is 43.0. The first-order chi connectivity index (χ1) is 16.6. The number of ether oxygens (including phenoxy) is 1. The first kappa shape index (κ1) is 24.2. The van der Waals surface area contributed by atoms with E-state index in [4.69, 9.17) is 0 Å². The summed E-state index contributed by atoms with van der Waals surface area (Å²) in [4.78, 5) is 21.4. The number of carbonyl (C=O) groups is 1. The van der Waals surface area contributed by atoms with E-state index in [9.17, 15) is 18.0 Å². The van der Waals surface area contributed by atoms with Crippen LogP contribution in [0.5, 0.6) is 5.75 Å². The molecule has 0 fully saturated rings. The van der Waals surface area contributed by atoms with Crippen LogP contribution in [0.25, 0.3) is 22.4 Å². The van der Waals surface area contributed by atoms with E-state index in [-0.39, 0.29) is 18.1 Å². The van der Waals surface area contributed by atoms with Gasteiger partial charge in [0.25, 0.3) is 0 Å². The van der Waals surface area contributed by atoms with E-state index in [0.29, 0.717) is 17.8 Å². The molecule has 1 heterocycles. The fourth-order valence-electron chi connectivity index (χ4n) is 3.98. The number of aliphatic imine (C=N–C) groups is 1. The van der Waals surface area contributed by atoms with Gasteiger partial charge in [-0.05, 0) is 72.5 Å². The maximum absolute atomic E-state index is 12.4. The molecular weight excluding hydrogens is 455 g/mol. The second-order valence-corrected chi connectivity index (χ2v) is 8.37. The van der Waals surface area contributed by atoms with E-state index in [2.05, 4.69) is 14.7 Å². The third kappa shape index (κ3) is 5.77. The molecule has 0 radical (unpaired) electrons. The van der Waals surface area contributed by atoms with Crippen LogP contribution in [0, 0.1) is 13.8 Å². The molecule has 0 saturated heterocycles. The molecular formula is C27H24F3N3O2. The molecule has 0 atom stereocenters. The summed E-state index contributed by atoms with van der Waals surface area (Å²) in [5.41, 5.74) is 6.30. The van der Waals surface area contributed by atoms with Crippen LogP contribution < -0.4 is 4.74 Å². The maximum Gasteiger partial charge on any atom is 0.573 e. The van der Waals surface area contributed by atoms with Gasteiger partial charge in [0.1, 0.15) is 11.6 Å². The molecule has 0 unspecified atom stereocenters. The average molecular weight is 480 g/mol. The van der Waals surface area contributed by atoms with Crippen molar-refractivity contribution in [3.8, 4) is 17.1 Å². The number of hydrogen-bond acceptors (Lipinski definition) is 4. The Morgan fingerprint density at radius 1 is 1.06 bits per heavy atom. The summed E-state index contributed by atoms with van der Waals surface area (Å²) in [6.45, 7) is 4.09. The topological polar surface area (TPSA) is 56.5 Å². The van der Waals surface area contributed by atoms with Gasteiger partial charge < -0.3 is 9.30 Å². The number of Topliss-reactive ketones (excluding diaryl/α,β-unsaturated/α-hetero) is 1. The van der Waals surface area contributed by atoms with Gasteiger partial charge in [0.15, 0.2) is 5.78 Å². The standard InChI is InChI=1S/C27H24F3N3O2/c1-17-5-4-6-18(2)23(17)14-21(34)16-31-15-19-7-12-24-25(13-19)33(3)26(32-24)20-8-10-22(11-9-20)35-27(28,29)30/h4-13,15H,14,16H2,1-3H3. The molecule has 0 bridgehead atoms. The fourth-order valence-corrected chi connectivity index (χ4v) is 3.98. The number of halogens is 3. The third-order valence-corrected chi connectivity index (χ3v) is 5.78. The van der Waals surface area contributed by atoms with Crippen LogP contribution in [-0.4, -0.2) is 34.5 Å². The van der Waals surface area contributed by atoms with Crippen LogP contribution in [0.15, 0.2) is 65.7 Å². The highest BCUT2D eigenvalue weighted by atomic mass is 19.4. The lowest BCUT2D eigenvalue weighted by Crippen LogP contribution is -2.16. The molecule has 0 N–H and O–H groups in total.